The Balaban J connectivity index is 1.36. The van der Waals surface area contributed by atoms with Crippen LogP contribution in [0.1, 0.15) is 32.0 Å². The first-order chi connectivity index (χ1) is 13.0. The lowest BCUT2D eigenvalue weighted by Gasteiger charge is -2.21. The predicted octanol–water partition coefficient (Wildman–Crippen LogP) is 2.51. The summed E-state index contributed by atoms with van der Waals surface area (Å²) in [5.74, 6) is 0.640. The molecule has 6 heteroatoms. The van der Waals surface area contributed by atoms with Crippen LogP contribution in [0, 0.1) is 0 Å². The Hall–Kier alpha value is -2.02. The largest absolute Gasteiger partial charge is 0.371 e. The average Bonchev–Trinajstić information content (AvgIpc) is 3.24. The van der Waals surface area contributed by atoms with Crippen LogP contribution in [0.3, 0.4) is 0 Å². The molecule has 2 saturated heterocycles. The highest BCUT2D eigenvalue weighted by atomic mass is 16.6. The number of hydrogen-bond acceptors (Lipinski definition) is 6. The Morgan fingerprint density at radius 2 is 1.70 bits per heavy atom. The minimum absolute atomic E-state index is 0.00953. The number of fused-ring (bicyclic) bond motifs is 1. The molecule has 4 atom stereocenters. The fourth-order valence-corrected chi connectivity index (χ4v) is 3.65. The fraction of sp³-hybridized carbons (Fsp3) is 0.524. The highest BCUT2D eigenvalue weighted by Gasteiger charge is 2.47. The van der Waals surface area contributed by atoms with Gasteiger partial charge < -0.3 is 20.1 Å². The second-order valence-corrected chi connectivity index (χ2v) is 8.34. The molecule has 0 saturated carbocycles. The van der Waals surface area contributed by atoms with Crippen molar-refractivity contribution in [1.29, 1.82) is 0 Å². The lowest BCUT2D eigenvalue weighted by atomic mass is 9.92. The van der Waals surface area contributed by atoms with Crippen LogP contribution in [0.5, 0.6) is 0 Å². The SMILES string of the molecule is CC(C)(C)c1ccnc(N[C@H]2CO[C@H]3[C@@H]2OC[C@@H]3NCc2ccccc2)n1. The van der Waals surface area contributed by atoms with Gasteiger partial charge in [0, 0.05) is 18.2 Å². The summed E-state index contributed by atoms with van der Waals surface area (Å²) in [6.45, 7) is 8.52. The molecular formula is C21H28N4O2. The maximum Gasteiger partial charge on any atom is 0.223 e. The van der Waals surface area contributed by atoms with Crippen molar-refractivity contribution in [2.24, 2.45) is 0 Å². The number of rotatable bonds is 5. The third-order valence-electron chi connectivity index (χ3n) is 5.20. The molecule has 2 aliphatic heterocycles. The molecule has 1 aromatic heterocycles. The molecule has 144 valence electrons. The Bertz CT molecular complexity index is 762. The zero-order valence-corrected chi connectivity index (χ0v) is 16.2. The number of hydrogen-bond donors (Lipinski definition) is 2. The number of benzene rings is 1. The maximum absolute atomic E-state index is 6.05. The zero-order chi connectivity index (χ0) is 18.9. The van der Waals surface area contributed by atoms with Crippen molar-refractivity contribution in [2.75, 3.05) is 18.5 Å². The van der Waals surface area contributed by atoms with E-state index in [9.17, 15) is 0 Å². The van der Waals surface area contributed by atoms with E-state index >= 15 is 0 Å². The molecule has 2 aromatic rings. The number of nitrogens with one attached hydrogen (secondary N) is 2. The van der Waals surface area contributed by atoms with E-state index in [0.29, 0.717) is 19.2 Å². The topological polar surface area (TPSA) is 68.3 Å². The molecule has 0 amide bonds. The van der Waals surface area contributed by atoms with E-state index in [1.165, 1.54) is 5.56 Å². The zero-order valence-electron chi connectivity index (χ0n) is 16.2. The third kappa shape index (κ3) is 4.13. The average molecular weight is 368 g/mol. The van der Waals surface area contributed by atoms with Crippen molar-refractivity contribution < 1.29 is 9.47 Å². The number of aromatic nitrogens is 2. The summed E-state index contributed by atoms with van der Waals surface area (Å²) in [5.41, 5.74) is 2.27. The van der Waals surface area contributed by atoms with Gasteiger partial charge in [-0.15, -0.1) is 0 Å². The molecule has 2 aliphatic rings. The molecular weight excluding hydrogens is 340 g/mol. The molecule has 0 bridgehead atoms. The number of anilines is 1. The Labute approximate surface area is 160 Å². The summed E-state index contributed by atoms with van der Waals surface area (Å²) in [4.78, 5) is 9.04. The second kappa shape index (κ2) is 7.54. The molecule has 27 heavy (non-hydrogen) atoms. The van der Waals surface area contributed by atoms with Crippen LogP contribution >= 0.6 is 0 Å². The van der Waals surface area contributed by atoms with E-state index in [2.05, 4.69) is 65.6 Å². The van der Waals surface area contributed by atoms with Gasteiger partial charge in [0.1, 0.15) is 12.2 Å². The summed E-state index contributed by atoms with van der Waals surface area (Å²) >= 11 is 0. The van der Waals surface area contributed by atoms with Gasteiger partial charge in [0.05, 0.1) is 31.0 Å². The molecule has 6 nitrogen and oxygen atoms in total. The predicted molar refractivity (Wildman–Crippen MR) is 105 cm³/mol. The third-order valence-corrected chi connectivity index (χ3v) is 5.20. The number of nitrogens with zero attached hydrogens (tertiary/aromatic N) is 2. The molecule has 4 rings (SSSR count). The van der Waals surface area contributed by atoms with Crippen LogP contribution in [0.4, 0.5) is 5.95 Å². The number of ether oxygens (including phenoxy) is 2. The molecule has 0 radical (unpaired) electrons. The molecule has 3 heterocycles. The van der Waals surface area contributed by atoms with Gasteiger partial charge in [-0.3, -0.25) is 0 Å². The van der Waals surface area contributed by atoms with Crippen molar-refractivity contribution in [3.05, 3.63) is 53.9 Å². The first-order valence-corrected chi connectivity index (χ1v) is 9.61. The van der Waals surface area contributed by atoms with Crippen molar-refractivity contribution in [3.63, 3.8) is 0 Å². The first kappa shape index (κ1) is 18.3. The summed E-state index contributed by atoms with van der Waals surface area (Å²) in [6.07, 6.45) is 1.88. The minimum Gasteiger partial charge on any atom is -0.371 e. The second-order valence-electron chi connectivity index (χ2n) is 8.34. The van der Waals surface area contributed by atoms with E-state index in [1.54, 1.807) is 0 Å². The van der Waals surface area contributed by atoms with E-state index in [-0.39, 0.29) is 29.7 Å². The van der Waals surface area contributed by atoms with Crippen molar-refractivity contribution in [2.45, 2.75) is 57.0 Å². The van der Waals surface area contributed by atoms with Gasteiger partial charge in [0.25, 0.3) is 0 Å². The van der Waals surface area contributed by atoms with Gasteiger partial charge in [-0.2, -0.15) is 0 Å². The van der Waals surface area contributed by atoms with E-state index < -0.39 is 0 Å². The van der Waals surface area contributed by atoms with Crippen LogP contribution in [0.25, 0.3) is 0 Å². The quantitative estimate of drug-likeness (QED) is 0.845. The van der Waals surface area contributed by atoms with Crippen LogP contribution in [-0.4, -0.2) is 47.5 Å². The van der Waals surface area contributed by atoms with Crippen molar-refractivity contribution in [1.82, 2.24) is 15.3 Å². The molecule has 2 N–H and O–H groups in total. The van der Waals surface area contributed by atoms with Crippen LogP contribution < -0.4 is 10.6 Å². The first-order valence-electron chi connectivity index (χ1n) is 9.61. The Morgan fingerprint density at radius 3 is 2.44 bits per heavy atom. The summed E-state index contributed by atoms with van der Waals surface area (Å²) < 4.78 is 12.1. The van der Waals surface area contributed by atoms with Gasteiger partial charge in [0.2, 0.25) is 5.95 Å². The fourth-order valence-electron chi connectivity index (χ4n) is 3.65. The maximum atomic E-state index is 6.05. The van der Waals surface area contributed by atoms with Gasteiger partial charge in [-0.25, -0.2) is 9.97 Å². The molecule has 2 fully saturated rings. The van der Waals surface area contributed by atoms with Gasteiger partial charge in [0.15, 0.2) is 0 Å². The highest BCUT2D eigenvalue weighted by Crippen LogP contribution is 2.29. The van der Waals surface area contributed by atoms with Crippen LogP contribution in [-0.2, 0) is 21.4 Å². The smallest absolute Gasteiger partial charge is 0.223 e. The lowest BCUT2D eigenvalue weighted by Crippen LogP contribution is -2.41. The monoisotopic (exact) mass is 368 g/mol. The standard InChI is InChI=1S/C21H28N4O2/c1-21(2,3)17-9-10-22-20(25-17)24-16-13-27-18-15(12-26-19(16)18)23-11-14-7-5-4-6-8-14/h4-10,15-16,18-19,23H,11-13H2,1-3H3,(H,22,24,25)/t15-,16-,18+,19+/m0/s1. The minimum atomic E-state index is -0.00953. The molecule has 0 unspecified atom stereocenters. The molecule has 0 spiro atoms. The van der Waals surface area contributed by atoms with E-state index in [1.807, 2.05) is 18.3 Å². The summed E-state index contributed by atoms with van der Waals surface area (Å²) in [5, 5.41) is 6.99. The van der Waals surface area contributed by atoms with Gasteiger partial charge in [-0.05, 0) is 11.6 Å². The van der Waals surface area contributed by atoms with Gasteiger partial charge >= 0.3 is 0 Å². The lowest BCUT2D eigenvalue weighted by molar-refractivity contribution is 0.0675. The Kier molecular flexibility index (Phi) is 5.12. The summed E-state index contributed by atoms with van der Waals surface area (Å²) in [6, 6.07) is 12.6. The highest BCUT2D eigenvalue weighted by molar-refractivity contribution is 5.30. The van der Waals surface area contributed by atoms with Crippen LogP contribution in [0.2, 0.25) is 0 Å². The van der Waals surface area contributed by atoms with E-state index in [4.69, 9.17) is 9.47 Å². The normalized spacial score (nSPS) is 27.5. The molecule has 1 aromatic carbocycles. The van der Waals surface area contributed by atoms with Crippen molar-refractivity contribution in [3.8, 4) is 0 Å². The summed E-state index contributed by atoms with van der Waals surface area (Å²) in [7, 11) is 0. The van der Waals surface area contributed by atoms with Gasteiger partial charge in [-0.1, -0.05) is 51.1 Å². The van der Waals surface area contributed by atoms with E-state index in [0.717, 1.165) is 12.2 Å². The van der Waals surface area contributed by atoms with Crippen molar-refractivity contribution >= 4 is 5.95 Å². The van der Waals surface area contributed by atoms with Crippen LogP contribution in [0.15, 0.2) is 42.6 Å². The molecule has 0 aliphatic carbocycles. The Morgan fingerprint density at radius 1 is 1.00 bits per heavy atom.